The molecule has 2 amide bonds. The molecule has 2 aromatic carbocycles. The maximum Gasteiger partial charge on any atom is 0.269 e. The summed E-state index contributed by atoms with van der Waals surface area (Å²) in [5, 5.41) is 5.68. The predicted molar refractivity (Wildman–Crippen MR) is 118 cm³/mol. The zero-order valence-corrected chi connectivity index (χ0v) is 18.8. The monoisotopic (exact) mass is 493 g/mol. The van der Waals surface area contributed by atoms with Crippen LogP contribution in [0.15, 0.2) is 46.7 Å². The summed E-state index contributed by atoms with van der Waals surface area (Å²) in [4.78, 5) is 29.4. The SMILES string of the molecule is O=C(Nc1nc(-c2cc(Cl)ccc2Cl)cs1)c1ccc2c(c1)S(=O)(=O)N(C1CC1)C2=O. The van der Waals surface area contributed by atoms with E-state index in [1.807, 2.05) is 0 Å². The van der Waals surface area contributed by atoms with E-state index in [0.29, 0.717) is 39.3 Å². The first-order valence-electron chi connectivity index (χ1n) is 9.21. The number of thiazole rings is 1. The second-order valence-corrected chi connectivity index (χ2v) is 10.6. The highest BCUT2D eigenvalue weighted by molar-refractivity contribution is 7.90. The quantitative estimate of drug-likeness (QED) is 0.569. The molecule has 0 saturated heterocycles. The van der Waals surface area contributed by atoms with Gasteiger partial charge in [0.2, 0.25) is 0 Å². The van der Waals surface area contributed by atoms with Gasteiger partial charge in [-0.05, 0) is 49.2 Å². The van der Waals surface area contributed by atoms with Gasteiger partial charge < -0.3 is 0 Å². The first-order chi connectivity index (χ1) is 14.8. The minimum atomic E-state index is -3.94. The van der Waals surface area contributed by atoms with Crippen LogP contribution in [-0.4, -0.2) is 35.6 Å². The van der Waals surface area contributed by atoms with Crippen LogP contribution in [0.3, 0.4) is 0 Å². The predicted octanol–water partition coefficient (Wildman–Crippen LogP) is 4.68. The molecule has 1 saturated carbocycles. The number of benzene rings is 2. The highest BCUT2D eigenvalue weighted by atomic mass is 35.5. The molecule has 0 spiro atoms. The Morgan fingerprint density at radius 3 is 2.65 bits per heavy atom. The van der Waals surface area contributed by atoms with Gasteiger partial charge in [-0.3, -0.25) is 14.9 Å². The molecule has 1 aromatic heterocycles. The lowest BCUT2D eigenvalue weighted by Crippen LogP contribution is -2.31. The normalized spacial score (nSPS) is 17.0. The van der Waals surface area contributed by atoms with E-state index in [1.165, 1.54) is 29.5 Å². The third kappa shape index (κ3) is 3.51. The molecule has 1 N–H and O–H groups in total. The number of anilines is 1. The Bertz CT molecular complexity index is 1370. The first-order valence-corrected chi connectivity index (χ1v) is 12.3. The van der Waals surface area contributed by atoms with Crippen LogP contribution < -0.4 is 5.32 Å². The Hall–Kier alpha value is -2.46. The van der Waals surface area contributed by atoms with Gasteiger partial charge in [0.15, 0.2) is 5.13 Å². The van der Waals surface area contributed by atoms with E-state index in [4.69, 9.17) is 23.2 Å². The third-order valence-corrected chi connectivity index (χ3v) is 8.22. The van der Waals surface area contributed by atoms with Crippen molar-refractivity contribution in [3.8, 4) is 11.3 Å². The Balaban J connectivity index is 1.41. The maximum atomic E-state index is 12.8. The number of nitrogens with zero attached hydrogens (tertiary/aromatic N) is 2. The standard InChI is InChI=1S/C20H13Cl2N3O4S2/c21-11-2-6-15(22)14(8-11)16-9-30-20(23-16)24-18(26)10-1-5-13-17(7-10)31(28,29)25(19(13)27)12-3-4-12/h1-2,5-9,12H,3-4H2,(H,23,24,26). The van der Waals surface area contributed by atoms with Crippen molar-refractivity contribution in [1.29, 1.82) is 0 Å². The Labute approximate surface area is 191 Å². The van der Waals surface area contributed by atoms with E-state index in [1.54, 1.807) is 23.6 Å². The molecule has 2 aliphatic rings. The molecule has 5 rings (SSSR count). The van der Waals surface area contributed by atoms with Crippen LogP contribution in [0.25, 0.3) is 11.3 Å². The second kappa shape index (κ2) is 7.30. The maximum absolute atomic E-state index is 12.8. The number of rotatable bonds is 4. The zero-order chi connectivity index (χ0) is 21.9. The molecule has 0 atom stereocenters. The number of hydrogen-bond donors (Lipinski definition) is 1. The summed E-state index contributed by atoms with van der Waals surface area (Å²) in [6.07, 6.45) is 1.32. The highest BCUT2D eigenvalue weighted by Gasteiger charge is 2.48. The molecule has 3 aromatic rings. The van der Waals surface area contributed by atoms with Gasteiger partial charge >= 0.3 is 0 Å². The minimum absolute atomic E-state index is 0.0931. The van der Waals surface area contributed by atoms with Crippen LogP contribution in [0.5, 0.6) is 0 Å². The van der Waals surface area contributed by atoms with Crippen LogP contribution in [0.2, 0.25) is 10.0 Å². The van der Waals surface area contributed by atoms with E-state index < -0.39 is 21.8 Å². The topological polar surface area (TPSA) is 96.4 Å². The van der Waals surface area contributed by atoms with Crippen molar-refractivity contribution in [1.82, 2.24) is 9.29 Å². The number of halogens is 2. The van der Waals surface area contributed by atoms with E-state index in [9.17, 15) is 18.0 Å². The van der Waals surface area contributed by atoms with E-state index >= 15 is 0 Å². The molecular formula is C20H13Cl2N3O4S2. The average Bonchev–Trinajstić information content (AvgIpc) is 3.41. The molecule has 2 heterocycles. The van der Waals surface area contributed by atoms with Gasteiger partial charge in [-0.1, -0.05) is 23.2 Å². The Kier molecular flexibility index (Phi) is 4.82. The molecule has 7 nitrogen and oxygen atoms in total. The average molecular weight is 494 g/mol. The van der Waals surface area contributed by atoms with Gasteiger partial charge in [0.1, 0.15) is 4.90 Å². The van der Waals surface area contributed by atoms with Gasteiger partial charge in [0.25, 0.3) is 21.8 Å². The number of nitrogens with one attached hydrogen (secondary N) is 1. The molecule has 0 unspecified atom stereocenters. The number of hydrogen-bond acceptors (Lipinski definition) is 6. The van der Waals surface area contributed by atoms with E-state index in [0.717, 1.165) is 4.31 Å². The summed E-state index contributed by atoms with van der Waals surface area (Å²) in [6, 6.07) is 8.77. The fraction of sp³-hybridized carbons (Fsp3) is 0.150. The van der Waals surface area contributed by atoms with E-state index in [-0.39, 0.29) is 22.1 Å². The summed E-state index contributed by atoms with van der Waals surface area (Å²) in [5.74, 6) is -1.07. The smallest absolute Gasteiger partial charge is 0.269 e. The lowest BCUT2D eigenvalue weighted by atomic mass is 10.1. The summed E-state index contributed by atoms with van der Waals surface area (Å²) in [7, 11) is -3.94. The molecule has 11 heteroatoms. The summed E-state index contributed by atoms with van der Waals surface area (Å²) in [5.41, 5.74) is 1.39. The van der Waals surface area contributed by atoms with Crippen molar-refractivity contribution in [2.24, 2.45) is 0 Å². The number of carbonyl (C=O) groups is 2. The summed E-state index contributed by atoms with van der Waals surface area (Å²) in [6.45, 7) is 0. The van der Waals surface area contributed by atoms with Crippen LogP contribution >= 0.6 is 34.5 Å². The lowest BCUT2D eigenvalue weighted by Gasteiger charge is -2.13. The van der Waals surface area contributed by atoms with Crippen LogP contribution in [0.4, 0.5) is 5.13 Å². The number of aromatic nitrogens is 1. The number of amides is 2. The van der Waals surface area contributed by atoms with Gasteiger partial charge in [-0.25, -0.2) is 17.7 Å². The molecule has 0 bridgehead atoms. The molecule has 1 aliphatic heterocycles. The van der Waals surface area contributed by atoms with E-state index in [2.05, 4.69) is 10.3 Å². The highest BCUT2D eigenvalue weighted by Crippen LogP contribution is 2.40. The molecule has 158 valence electrons. The van der Waals surface area contributed by atoms with Crippen molar-refractivity contribution in [2.75, 3.05) is 5.32 Å². The fourth-order valence-corrected chi connectivity index (χ4v) is 6.31. The zero-order valence-electron chi connectivity index (χ0n) is 15.6. The Morgan fingerprint density at radius 1 is 1.13 bits per heavy atom. The minimum Gasteiger partial charge on any atom is -0.298 e. The van der Waals surface area contributed by atoms with Crippen molar-refractivity contribution < 1.29 is 18.0 Å². The Morgan fingerprint density at radius 2 is 1.90 bits per heavy atom. The summed E-state index contributed by atoms with van der Waals surface area (Å²) >= 11 is 13.4. The van der Waals surface area contributed by atoms with Gasteiger partial charge in [-0.15, -0.1) is 11.3 Å². The molecular weight excluding hydrogens is 481 g/mol. The van der Waals surface area contributed by atoms with Crippen LogP contribution in [0.1, 0.15) is 33.6 Å². The van der Waals surface area contributed by atoms with Crippen molar-refractivity contribution in [3.05, 3.63) is 63.0 Å². The van der Waals surface area contributed by atoms with Gasteiger partial charge in [0.05, 0.1) is 16.3 Å². The van der Waals surface area contributed by atoms with Gasteiger partial charge in [0, 0.05) is 27.6 Å². The second-order valence-electron chi connectivity index (χ2n) is 7.16. The molecule has 1 fully saturated rings. The van der Waals surface area contributed by atoms with Crippen LogP contribution in [-0.2, 0) is 10.0 Å². The summed E-state index contributed by atoms with van der Waals surface area (Å²) < 4.78 is 26.5. The van der Waals surface area contributed by atoms with Crippen molar-refractivity contribution in [2.45, 2.75) is 23.8 Å². The number of fused-ring (bicyclic) bond motifs is 1. The molecule has 1 aliphatic carbocycles. The van der Waals surface area contributed by atoms with Crippen LogP contribution in [0, 0.1) is 0 Å². The molecule has 31 heavy (non-hydrogen) atoms. The fourth-order valence-electron chi connectivity index (χ4n) is 3.38. The van der Waals surface area contributed by atoms with Gasteiger partial charge in [-0.2, -0.15) is 0 Å². The number of carbonyl (C=O) groups excluding carboxylic acids is 2. The first kappa shape index (κ1) is 20.4. The third-order valence-electron chi connectivity index (χ3n) is 5.02. The number of sulfonamides is 1. The largest absolute Gasteiger partial charge is 0.298 e. The van der Waals surface area contributed by atoms with Crippen molar-refractivity contribution >= 4 is 61.5 Å². The molecule has 0 radical (unpaired) electrons. The van der Waals surface area contributed by atoms with Crippen molar-refractivity contribution in [3.63, 3.8) is 0 Å². The lowest BCUT2D eigenvalue weighted by molar-refractivity contribution is 0.0864.